The van der Waals surface area contributed by atoms with Gasteiger partial charge < -0.3 is 19.9 Å². The van der Waals surface area contributed by atoms with E-state index in [1.807, 2.05) is 0 Å². The van der Waals surface area contributed by atoms with Crippen molar-refractivity contribution >= 4 is 12.1 Å². The monoisotopic (exact) mass is 307 g/mol. The van der Waals surface area contributed by atoms with E-state index in [0.29, 0.717) is 0 Å². The van der Waals surface area contributed by atoms with E-state index in [2.05, 4.69) is 5.32 Å². The molecule has 0 saturated heterocycles. The standard InChI is InChI=1S/C14H26FNO5/c1-9(12(17)18)11(20-5)7-6-10(15)8-16-13(19)21-14(2,3)4/h9-11H,6-8H2,1-5H3,(H,16,19)(H,17,18)/t9-,10+,11?/m1/s1. The van der Waals surface area contributed by atoms with Crippen molar-refractivity contribution in [3.05, 3.63) is 0 Å². The molecule has 0 bridgehead atoms. The van der Waals surface area contributed by atoms with Crippen molar-refractivity contribution < 1.29 is 28.6 Å². The maximum absolute atomic E-state index is 13.7. The first-order chi connectivity index (χ1) is 9.56. The van der Waals surface area contributed by atoms with Crippen LogP contribution >= 0.6 is 0 Å². The Kier molecular flexibility index (Phi) is 8.24. The smallest absolute Gasteiger partial charge is 0.407 e. The Morgan fingerprint density at radius 2 is 1.86 bits per heavy atom. The number of carbonyl (C=O) groups excluding carboxylic acids is 1. The van der Waals surface area contributed by atoms with Crippen molar-refractivity contribution in [3.63, 3.8) is 0 Å². The Hall–Kier alpha value is -1.37. The third-order valence-electron chi connectivity index (χ3n) is 2.88. The van der Waals surface area contributed by atoms with Crippen molar-refractivity contribution in [2.75, 3.05) is 13.7 Å². The highest BCUT2D eigenvalue weighted by atomic mass is 19.1. The van der Waals surface area contributed by atoms with Gasteiger partial charge in [-0.25, -0.2) is 9.18 Å². The highest BCUT2D eigenvalue weighted by molar-refractivity contribution is 5.70. The number of halogens is 1. The number of carboxylic acids is 1. The summed E-state index contributed by atoms with van der Waals surface area (Å²) in [5.41, 5.74) is -0.631. The van der Waals surface area contributed by atoms with Gasteiger partial charge in [-0.1, -0.05) is 0 Å². The Bertz CT molecular complexity index is 343. The molecular formula is C14H26FNO5. The Morgan fingerprint density at radius 3 is 2.29 bits per heavy atom. The van der Waals surface area contributed by atoms with Crippen LogP contribution in [0.15, 0.2) is 0 Å². The summed E-state index contributed by atoms with van der Waals surface area (Å²) in [5, 5.41) is 11.2. The molecule has 6 nitrogen and oxygen atoms in total. The maximum atomic E-state index is 13.7. The minimum Gasteiger partial charge on any atom is -0.481 e. The molecule has 21 heavy (non-hydrogen) atoms. The highest BCUT2D eigenvalue weighted by Crippen LogP contribution is 2.15. The van der Waals surface area contributed by atoms with Crippen LogP contribution in [-0.4, -0.2) is 48.7 Å². The first kappa shape index (κ1) is 19.6. The van der Waals surface area contributed by atoms with Crippen LogP contribution in [0.3, 0.4) is 0 Å². The Labute approximate surface area is 125 Å². The number of carbonyl (C=O) groups is 2. The molecule has 0 aromatic heterocycles. The molecule has 0 aliphatic heterocycles. The van der Waals surface area contributed by atoms with E-state index >= 15 is 0 Å². The van der Waals surface area contributed by atoms with E-state index in [4.69, 9.17) is 14.6 Å². The molecule has 0 saturated carbocycles. The zero-order valence-corrected chi connectivity index (χ0v) is 13.3. The van der Waals surface area contributed by atoms with Gasteiger partial charge in [0.15, 0.2) is 0 Å². The lowest BCUT2D eigenvalue weighted by Gasteiger charge is -2.21. The molecule has 124 valence electrons. The van der Waals surface area contributed by atoms with E-state index < -0.39 is 35.9 Å². The number of ether oxygens (including phenoxy) is 2. The molecule has 0 aliphatic carbocycles. The zero-order chi connectivity index (χ0) is 16.6. The molecule has 3 atom stereocenters. The van der Waals surface area contributed by atoms with Crippen LogP contribution in [0.1, 0.15) is 40.5 Å². The van der Waals surface area contributed by atoms with Crippen LogP contribution in [0.25, 0.3) is 0 Å². The predicted octanol–water partition coefficient (Wildman–Crippen LogP) is 2.37. The Balaban J connectivity index is 4.06. The number of aliphatic carboxylic acids is 1. The number of carboxylic acid groups (broad SMARTS) is 1. The number of alkyl carbamates (subject to hydrolysis) is 1. The van der Waals surface area contributed by atoms with Crippen LogP contribution in [0.5, 0.6) is 0 Å². The Morgan fingerprint density at radius 1 is 1.29 bits per heavy atom. The van der Waals surface area contributed by atoms with Gasteiger partial charge in [0.05, 0.1) is 18.6 Å². The largest absolute Gasteiger partial charge is 0.481 e. The molecule has 0 aliphatic rings. The SMILES string of the molecule is COC(CC[C@H](F)CNC(=O)OC(C)(C)C)[C@@H](C)C(=O)O. The summed E-state index contributed by atoms with van der Waals surface area (Å²) in [7, 11) is 1.40. The number of nitrogens with one attached hydrogen (secondary N) is 1. The number of rotatable bonds is 8. The first-order valence-corrected chi connectivity index (χ1v) is 6.93. The fourth-order valence-electron chi connectivity index (χ4n) is 1.69. The van der Waals surface area contributed by atoms with Gasteiger partial charge in [0.1, 0.15) is 11.8 Å². The summed E-state index contributed by atoms with van der Waals surface area (Å²) >= 11 is 0. The first-order valence-electron chi connectivity index (χ1n) is 6.93. The third-order valence-corrected chi connectivity index (χ3v) is 2.88. The molecule has 0 radical (unpaired) electrons. The second kappa shape index (κ2) is 8.81. The van der Waals surface area contributed by atoms with Gasteiger partial charge in [-0.3, -0.25) is 4.79 Å². The van der Waals surface area contributed by atoms with E-state index in [-0.39, 0.29) is 19.4 Å². The van der Waals surface area contributed by atoms with Gasteiger partial charge in [0.2, 0.25) is 0 Å². The zero-order valence-electron chi connectivity index (χ0n) is 13.3. The topological polar surface area (TPSA) is 84.9 Å². The molecule has 0 heterocycles. The summed E-state index contributed by atoms with van der Waals surface area (Å²) in [6, 6.07) is 0. The summed E-state index contributed by atoms with van der Waals surface area (Å²) in [6.45, 7) is 6.50. The second-order valence-electron chi connectivity index (χ2n) is 5.96. The van der Waals surface area contributed by atoms with Gasteiger partial charge in [-0.2, -0.15) is 0 Å². The number of hydrogen-bond donors (Lipinski definition) is 2. The van der Waals surface area contributed by atoms with E-state index in [1.54, 1.807) is 20.8 Å². The van der Waals surface area contributed by atoms with Crippen LogP contribution < -0.4 is 5.32 Å². The lowest BCUT2D eigenvalue weighted by atomic mass is 9.99. The molecular weight excluding hydrogens is 281 g/mol. The summed E-state index contributed by atoms with van der Waals surface area (Å²) in [4.78, 5) is 22.2. The molecule has 0 aromatic rings. The molecule has 1 unspecified atom stereocenters. The molecule has 1 amide bonds. The molecule has 0 aromatic carbocycles. The molecule has 2 N–H and O–H groups in total. The molecule has 0 rings (SSSR count). The van der Waals surface area contributed by atoms with Crippen molar-refractivity contribution in [2.45, 2.75) is 58.4 Å². The van der Waals surface area contributed by atoms with Crippen molar-refractivity contribution in [3.8, 4) is 0 Å². The van der Waals surface area contributed by atoms with E-state index in [9.17, 15) is 14.0 Å². The molecule has 0 fully saturated rings. The third kappa shape index (κ3) is 9.23. The van der Waals surface area contributed by atoms with Gasteiger partial charge >= 0.3 is 12.1 Å². The van der Waals surface area contributed by atoms with Crippen LogP contribution in [0, 0.1) is 5.92 Å². The van der Waals surface area contributed by atoms with Crippen molar-refractivity contribution in [1.82, 2.24) is 5.32 Å². The van der Waals surface area contributed by atoms with E-state index in [1.165, 1.54) is 14.0 Å². The minimum absolute atomic E-state index is 0.103. The summed E-state index contributed by atoms with van der Waals surface area (Å²) in [5.74, 6) is -1.69. The number of amides is 1. The predicted molar refractivity (Wildman–Crippen MR) is 76.0 cm³/mol. The van der Waals surface area contributed by atoms with Crippen molar-refractivity contribution in [2.24, 2.45) is 5.92 Å². The number of alkyl halides is 1. The quantitative estimate of drug-likeness (QED) is 0.719. The van der Waals surface area contributed by atoms with Gasteiger partial charge in [-0.05, 0) is 40.5 Å². The molecule has 7 heteroatoms. The maximum Gasteiger partial charge on any atom is 0.407 e. The lowest BCUT2D eigenvalue weighted by molar-refractivity contribution is -0.146. The number of hydrogen-bond acceptors (Lipinski definition) is 4. The van der Waals surface area contributed by atoms with E-state index in [0.717, 1.165) is 0 Å². The summed E-state index contributed by atoms with van der Waals surface area (Å²) < 4.78 is 23.7. The van der Waals surface area contributed by atoms with Crippen LogP contribution in [-0.2, 0) is 14.3 Å². The highest BCUT2D eigenvalue weighted by Gasteiger charge is 2.24. The van der Waals surface area contributed by atoms with Crippen LogP contribution in [0.2, 0.25) is 0 Å². The molecule has 0 spiro atoms. The normalized spacial score (nSPS) is 15.9. The van der Waals surface area contributed by atoms with Gasteiger partial charge in [0.25, 0.3) is 0 Å². The van der Waals surface area contributed by atoms with Gasteiger partial charge in [-0.15, -0.1) is 0 Å². The summed E-state index contributed by atoms with van der Waals surface area (Å²) in [6.07, 6.45) is -2.14. The average Bonchev–Trinajstić information content (AvgIpc) is 2.34. The number of methoxy groups -OCH3 is 1. The average molecular weight is 307 g/mol. The van der Waals surface area contributed by atoms with Crippen molar-refractivity contribution in [1.29, 1.82) is 0 Å². The lowest BCUT2D eigenvalue weighted by Crippen LogP contribution is -2.36. The fraction of sp³-hybridized carbons (Fsp3) is 0.857. The minimum atomic E-state index is -1.28. The van der Waals surface area contributed by atoms with Crippen LogP contribution in [0.4, 0.5) is 9.18 Å². The fourth-order valence-corrected chi connectivity index (χ4v) is 1.69. The van der Waals surface area contributed by atoms with Gasteiger partial charge in [0, 0.05) is 7.11 Å². The second-order valence-corrected chi connectivity index (χ2v) is 5.96.